The molecule has 1 aliphatic heterocycles. The summed E-state index contributed by atoms with van der Waals surface area (Å²) in [6.45, 7) is 7.11. The number of nitrogens with zero attached hydrogens (tertiary/aromatic N) is 1. The average Bonchev–Trinajstić information content (AvgIpc) is 2.51. The predicted octanol–water partition coefficient (Wildman–Crippen LogP) is 2.65. The molecule has 0 spiro atoms. The number of rotatable bonds is 3. The molecule has 6 nitrogen and oxygen atoms in total. The van der Waals surface area contributed by atoms with E-state index in [-0.39, 0.29) is 6.61 Å². The maximum atomic E-state index is 12.3. The van der Waals surface area contributed by atoms with Gasteiger partial charge in [0.15, 0.2) is 17.6 Å². The van der Waals surface area contributed by atoms with Crippen LogP contribution in [0.3, 0.4) is 0 Å². The number of amides is 1. The number of carbonyl (C=O) groups excluding carboxylic acids is 2. The molecule has 1 amide bonds. The van der Waals surface area contributed by atoms with Crippen molar-refractivity contribution >= 4 is 12.4 Å². The molecule has 0 aromatic heterocycles. The molecule has 1 heterocycles. The van der Waals surface area contributed by atoms with E-state index in [9.17, 15) is 9.59 Å². The van der Waals surface area contributed by atoms with E-state index in [2.05, 4.69) is 0 Å². The zero-order valence-electron chi connectivity index (χ0n) is 14.2. The summed E-state index contributed by atoms with van der Waals surface area (Å²) in [5.41, 5.74) is -1.86. The summed E-state index contributed by atoms with van der Waals surface area (Å²) in [4.78, 5) is 25.3. The quantitative estimate of drug-likeness (QED) is 0.801. The molecule has 0 radical (unpaired) electrons. The van der Waals surface area contributed by atoms with E-state index >= 15 is 0 Å². The van der Waals surface area contributed by atoms with Crippen LogP contribution in [-0.4, -0.2) is 48.2 Å². The molecule has 0 aliphatic carbocycles. The molecule has 1 aromatic carbocycles. The van der Waals surface area contributed by atoms with Gasteiger partial charge in [-0.3, -0.25) is 4.90 Å². The van der Waals surface area contributed by atoms with Gasteiger partial charge in [-0.05, 0) is 39.8 Å². The van der Waals surface area contributed by atoms with Crippen LogP contribution in [0.1, 0.15) is 27.7 Å². The van der Waals surface area contributed by atoms with Crippen molar-refractivity contribution in [3.05, 3.63) is 24.3 Å². The zero-order valence-corrected chi connectivity index (χ0v) is 14.2. The van der Waals surface area contributed by atoms with Crippen LogP contribution in [-0.2, 0) is 9.53 Å². The third-order valence-electron chi connectivity index (χ3n) is 3.79. The first-order chi connectivity index (χ1) is 10.7. The lowest BCUT2D eigenvalue weighted by Crippen LogP contribution is -2.61. The second-order valence-corrected chi connectivity index (χ2v) is 6.75. The molecule has 126 valence electrons. The minimum Gasteiger partial charge on any atom is -0.486 e. The van der Waals surface area contributed by atoms with E-state index in [4.69, 9.17) is 14.2 Å². The van der Waals surface area contributed by atoms with Crippen molar-refractivity contribution in [2.24, 2.45) is 0 Å². The monoisotopic (exact) mass is 321 g/mol. The van der Waals surface area contributed by atoms with Gasteiger partial charge in [-0.2, -0.15) is 0 Å². The summed E-state index contributed by atoms with van der Waals surface area (Å²) in [5, 5.41) is 0. The zero-order chi connectivity index (χ0) is 17.3. The normalized spacial score (nSPS) is 19.4. The highest BCUT2D eigenvalue weighted by Gasteiger charge is 2.45. The Bertz CT molecular complexity index is 595. The summed E-state index contributed by atoms with van der Waals surface area (Å²) < 4.78 is 16.9. The van der Waals surface area contributed by atoms with Crippen LogP contribution in [0.5, 0.6) is 11.5 Å². The number of hydrogen-bond acceptors (Lipinski definition) is 5. The fraction of sp³-hybridized carbons (Fsp3) is 0.529. The number of benzene rings is 1. The molecule has 1 aromatic rings. The van der Waals surface area contributed by atoms with E-state index in [0.717, 1.165) is 0 Å². The van der Waals surface area contributed by atoms with E-state index in [1.807, 2.05) is 12.1 Å². The van der Waals surface area contributed by atoms with Gasteiger partial charge in [0.1, 0.15) is 24.0 Å². The molecule has 0 N–H and O–H groups in total. The van der Waals surface area contributed by atoms with E-state index < -0.39 is 23.3 Å². The molecule has 2 unspecified atom stereocenters. The van der Waals surface area contributed by atoms with Crippen LogP contribution in [0.4, 0.5) is 4.79 Å². The number of hydrogen-bond donors (Lipinski definition) is 0. The molecule has 0 saturated carbocycles. The highest BCUT2D eigenvalue weighted by atomic mass is 16.6. The van der Waals surface area contributed by atoms with Gasteiger partial charge >= 0.3 is 6.09 Å². The highest BCUT2D eigenvalue weighted by molar-refractivity contribution is 5.77. The van der Waals surface area contributed by atoms with Crippen LogP contribution in [0, 0.1) is 0 Å². The van der Waals surface area contributed by atoms with E-state index in [1.54, 1.807) is 39.8 Å². The van der Waals surface area contributed by atoms with Gasteiger partial charge in [0.25, 0.3) is 0 Å². The van der Waals surface area contributed by atoms with E-state index in [0.29, 0.717) is 17.8 Å². The van der Waals surface area contributed by atoms with Gasteiger partial charge < -0.3 is 19.0 Å². The van der Waals surface area contributed by atoms with Crippen molar-refractivity contribution in [3.63, 3.8) is 0 Å². The summed E-state index contributed by atoms with van der Waals surface area (Å²) in [7, 11) is 1.52. The number of fused-ring (bicyclic) bond motifs is 1. The highest BCUT2D eigenvalue weighted by Crippen LogP contribution is 2.34. The van der Waals surface area contributed by atoms with Crippen molar-refractivity contribution in [3.8, 4) is 11.5 Å². The second kappa shape index (κ2) is 6.10. The SMILES string of the molecule is CN(C(=O)OC(C)(C)C)C(C)(C=O)C1COc2ccccc2O1. The van der Waals surface area contributed by atoms with Crippen molar-refractivity contribution in [1.29, 1.82) is 0 Å². The molecular weight excluding hydrogens is 298 g/mol. The van der Waals surface area contributed by atoms with Gasteiger partial charge in [-0.1, -0.05) is 12.1 Å². The fourth-order valence-electron chi connectivity index (χ4n) is 2.21. The Morgan fingerprint density at radius 3 is 2.43 bits per heavy atom. The number of para-hydroxylation sites is 2. The summed E-state index contributed by atoms with van der Waals surface area (Å²) in [6.07, 6.45) is -0.527. The standard InChI is InChI=1S/C17H23NO5/c1-16(2,3)23-15(20)18(5)17(4,11-19)14-10-21-12-8-6-7-9-13(12)22-14/h6-9,11,14H,10H2,1-5H3. The lowest BCUT2D eigenvalue weighted by molar-refractivity contribution is -0.125. The molecule has 6 heteroatoms. The number of ether oxygens (including phenoxy) is 3. The Morgan fingerprint density at radius 1 is 1.26 bits per heavy atom. The summed E-state index contributed by atoms with van der Waals surface area (Å²) in [6, 6.07) is 7.22. The Balaban J connectivity index is 2.20. The first-order valence-corrected chi connectivity index (χ1v) is 7.49. The minimum absolute atomic E-state index is 0.166. The third-order valence-corrected chi connectivity index (χ3v) is 3.79. The Hall–Kier alpha value is -2.24. The van der Waals surface area contributed by atoms with Gasteiger partial charge in [0.2, 0.25) is 0 Å². The summed E-state index contributed by atoms with van der Waals surface area (Å²) >= 11 is 0. The Kier molecular flexibility index (Phi) is 4.54. The maximum absolute atomic E-state index is 12.3. The molecule has 1 aliphatic rings. The van der Waals surface area contributed by atoms with Crippen LogP contribution < -0.4 is 9.47 Å². The molecule has 2 rings (SSSR count). The van der Waals surface area contributed by atoms with Gasteiger partial charge in [-0.15, -0.1) is 0 Å². The van der Waals surface area contributed by atoms with Crippen LogP contribution in [0.25, 0.3) is 0 Å². The molecule has 0 bridgehead atoms. The van der Waals surface area contributed by atoms with Crippen molar-refractivity contribution in [2.45, 2.75) is 44.9 Å². The number of aldehydes is 1. The fourth-order valence-corrected chi connectivity index (χ4v) is 2.21. The molecule has 23 heavy (non-hydrogen) atoms. The lowest BCUT2D eigenvalue weighted by Gasteiger charge is -2.42. The average molecular weight is 321 g/mol. The maximum Gasteiger partial charge on any atom is 0.410 e. The Labute approximate surface area is 136 Å². The number of likely N-dealkylation sites (N-methyl/N-ethyl adjacent to an activating group) is 1. The first-order valence-electron chi connectivity index (χ1n) is 7.49. The molecule has 0 saturated heterocycles. The van der Waals surface area contributed by atoms with Gasteiger partial charge in [0.05, 0.1) is 0 Å². The van der Waals surface area contributed by atoms with E-state index in [1.165, 1.54) is 11.9 Å². The lowest BCUT2D eigenvalue weighted by atomic mass is 9.94. The molecule has 2 atom stereocenters. The van der Waals surface area contributed by atoms with Crippen molar-refractivity contribution in [1.82, 2.24) is 4.90 Å². The van der Waals surface area contributed by atoms with Crippen molar-refractivity contribution in [2.75, 3.05) is 13.7 Å². The predicted molar refractivity (Wildman–Crippen MR) is 84.8 cm³/mol. The van der Waals surface area contributed by atoms with Crippen LogP contribution in [0.15, 0.2) is 24.3 Å². The Morgan fingerprint density at radius 2 is 1.87 bits per heavy atom. The van der Waals surface area contributed by atoms with Crippen molar-refractivity contribution < 1.29 is 23.8 Å². The largest absolute Gasteiger partial charge is 0.486 e. The topological polar surface area (TPSA) is 65.1 Å². The second-order valence-electron chi connectivity index (χ2n) is 6.75. The first kappa shape index (κ1) is 17.1. The third kappa shape index (κ3) is 3.57. The van der Waals surface area contributed by atoms with Gasteiger partial charge in [-0.25, -0.2) is 4.79 Å². The van der Waals surface area contributed by atoms with Crippen LogP contribution >= 0.6 is 0 Å². The summed E-state index contributed by atoms with van der Waals surface area (Å²) in [5.74, 6) is 1.17. The molecular formula is C17H23NO5. The number of carbonyl (C=O) groups is 2. The van der Waals surface area contributed by atoms with Crippen LogP contribution in [0.2, 0.25) is 0 Å². The van der Waals surface area contributed by atoms with Gasteiger partial charge in [0, 0.05) is 7.05 Å². The smallest absolute Gasteiger partial charge is 0.410 e. The minimum atomic E-state index is -1.21. The molecule has 0 fully saturated rings.